The first-order valence-electron chi connectivity index (χ1n) is 9.64. The minimum atomic E-state index is -0.717. The summed E-state index contributed by atoms with van der Waals surface area (Å²) in [4.78, 5) is 20.7. The van der Waals surface area contributed by atoms with Gasteiger partial charge in [0.2, 0.25) is 0 Å². The van der Waals surface area contributed by atoms with Gasteiger partial charge in [-0.2, -0.15) is 0 Å². The van der Waals surface area contributed by atoms with Crippen molar-refractivity contribution in [2.45, 2.75) is 109 Å². The predicted molar refractivity (Wildman–Crippen MR) is 95.2 cm³/mol. The van der Waals surface area contributed by atoms with Crippen molar-refractivity contribution >= 4 is 11.9 Å². The van der Waals surface area contributed by atoms with Gasteiger partial charge in [0.15, 0.2) is 0 Å². The Morgan fingerprint density at radius 2 is 0.833 bits per heavy atom. The van der Waals surface area contributed by atoms with E-state index < -0.39 is 11.9 Å². The van der Waals surface area contributed by atoms with E-state index in [9.17, 15) is 14.7 Å². The van der Waals surface area contributed by atoms with Crippen LogP contribution < -0.4 is 0 Å². The molecule has 0 aromatic rings. The zero-order chi connectivity index (χ0) is 18.0. The van der Waals surface area contributed by atoms with Crippen molar-refractivity contribution < 1.29 is 24.9 Å². The molecule has 0 radical (unpaired) electrons. The van der Waals surface area contributed by atoms with Gasteiger partial charge in [0.25, 0.3) is 0 Å². The molecule has 0 saturated carbocycles. The molecule has 0 amide bonds. The van der Waals surface area contributed by atoms with E-state index in [1.54, 1.807) is 0 Å². The fourth-order valence-electron chi connectivity index (χ4n) is 2.87. The number of rotatable bonds is 18. The third-order valence-corrected chi connectivity index (χ3v) is 4.36. The van der Waals surface area contributed by atoms with Crippen LogP contribution in [0, 0.1) is 0 Å². The van der Waals surface area contributed by atoms with Crippen LogP contribution in [0.1, 0.15) is 103 Å². The molecule has 0 rings (SSSR count). The van der Waals surface area contributed by atoms with E-state index in [0.29, 0.717) is 0 Å². The lowest BCUT2D eigenvalue weighted by Crippen LogP contribution is -2.06. The Labute approximate surface area is 146 Å². The first kappa shape index (κ1) is 22.9. The van der Waals surface area contributed by atoms with E-state index in [1.165, 1.54) is 6.42 Å². The highest BCUT2D eigenvalue weighted by molar-refractivity contribution is 5.66. The van der Waals surface area contributed by atoms with Crippen LogP contribution in [0.2, 0.25) is 0 Å². The Kier molecular flexibility index (Phi) is 16.0. The molecule has 142 valence electrons. The van der Waals surface area contributed by atoms with Crippen LogP contribution in [0.5, 0.6) is 0 Å². The topological polar surface area (TPSA) is 94.8 Å². The van der Waals surface area contributed by atoms with Crippen LogP contribution in [0.3, 0.4) is 0 Å². The number of aliphatic carboxylic acids is 2. The van der Waals surface area contributed by atoms with Crippen molar-refractivity contribution in [1.82, 2.24) is 0 Å². The molecule has 0 spiro atoms. The maximum atomic E-state index is 10.4. The first-order chi connectivity index (χ1) is 11.5. The monoisotopic (exact) mass is 344 g/mol. The van der Waals surface area contributed by atoms with E-state index in [1.807, 2.05) is 0 Å². The third-order valence-electron chi connectivity index (χ3n) is 4.36. The second-order valence-corrected chi connectivity index (χ2v) is 6.76. The summed E-state index contributed by atoms with van der Waals surface area (Å²) in [6.07, 6.45) is 14.4. The van der Waals surface area contributed by atoms with Crippen molar-refractivity contribution in [2.24, 2.45) is 0 Å². The summed E-state index contributed by atoms with van der Waals surface area (Å²) in [5, 5.41) is 27.0. The minimum absolute atomic E-state index is 0.195. The van der Waals surface area contributed by atoms with E-state index in [0.717, 1.165) is 83.5 Å². The Morgan fingerprint density at radius 3 is 1.17 bits per heavy atom. The average molecular weight is 344 g/mol. The largest absolute Gasteiger partial charge is 0.481 e. The molecule has 0 saturated heterocycles. The van der Waals surface area contributed by atoms with Crippen LogP contribution in [-0.4, -0.2) is 33.4 Å². The SMILES string of the molecule is O=C(O)CCCCCCCCCC(O)CCCCCCCC(=O)O. The maximum absolute atomic E-state index is 10.4. The van der Waals surface area contributed by atoms with Crippen LogP contribution in [0.15, 0.2) is 0 Å². The van der Waals surface area contributed by atoms with Crippen molar-refractivity contribution in [1.29, 1.82) is 0 Å². The molecule has 3 N–H and O–H groups in total. The molecule has 0 heterocycles. The molecule has 1 unspecified atom stereocenters. The van der Waals surface area contributed by atoms with Gasteiger partial charge >= 0.3 is 11.9 Å². The average Bonchev–Trinajstić information content (AvgIpc) is 2.51. The number of carbonyl (C=O) groups is 2. The number of hydrogen-bond donors (Lipinski definition) is 3. The van der Waals surface area contributed by atoms with E-state index in [2.05, 4.69) is 0 Å². The van der Waals surface area contributed by atoms with E-state index >= 15 is 0 Å². The fraction of sp³-hybridized carbons (Fsp3) is 0.895. The molecule has 0 fully saturated rings. The summed E-state index contributed by atoms with van der Waals surface area (Å²) in [6.45, 7) is 0. The Bertz CT molecular complexity index is 317. The van der Waals surface area contributed by atoms with Gasteiger partial charge in [0, 0.05) is 12.8 Å². The zero-order valence-corrected chi connectivity index (χ0v) is 15.0. The smallest absolute Gasteiger partial charge is 0.303 e. The molecule has 5 nitrogen and oxygen atoms in total. The van der Waals surface area contributed by atoms with Crippen LogP contribution in [0.4, 0.5) is 0 Å². The summed E-state index contributed by atoms with van der Waals surface area (Å²) >= 11 is 0. The first-order valence-corrected chi connectivity index (χ1v) is 9.64. The summed E-state index contributed by atoms with van der Waals surface area (Å²) in [5.41, 5.74) is 0. The fourth-order valence-corrected chi connectivity index (χ4v) is 2.87. The second-order valence-electron chi connectivity index (χ2n) is 6.76. The van der Waals surface area contributed by atoms with Gasteiger partial charge in [-0.25, -0.2) is 0 Å². The number of carboxylic acid groups (broad SMARTS) is 2. The van der Waals surface area contributed by atoms with Gasteiger partial charge in [-0.3, -0.25) is 9.59 Å². The van der Waals surface area contributed by atoms with E-state index in [4.69, 9.17) is 10.2 Å². The molecule has 0 aromatic carbocycles. The molecular formula is C19H36O5. The van der Waals surface area contributed by atoms with Gasteiger partial charge in [0.1, 0.15) is 0 Å². The summed E-state index contributed by atoms with van der Waals surface area (Å²) in [5.74, 6) is -1.42. The number of aliphatic hydroxyl groups is 1. The molecule has 1 atom stereocenters. The van der Waals surface area contributed by atoms with Crippen LogP contribution in [0.25, 0.3) is 0 Å². The standard InChI is InChI=1S/C19H36O5/c20-17(14-10-6-4-8-12-16-19(23)24)13-9-5-2-1-3-7-11-15-18(21)22/h17,20H,1-16H2,(H,21,22)(H,23,24). The molecule has 5 heteroatoms. The quantitative estimate of drug-likeness (QED) is 0.312. The third kappa shape index (κ3) is 18.9. The maximum Gasteiger partial charge on any atom is 0.303 e. The highest BCUT2D eigenvalue weighted by atomic mass is 16.4. The normalized spacial score (nSPS) is 12.2. The van der Waals surface area contributed by atoms with Gasteiger partial charge in [-0.05, 0) is 25.7 Å². The molecule has 24 heavy (non-hydrogen) atoms. The molecule has 0 aromatic heterocycles. The Balaban J connectivity index is 3.19. The van der Waals surface area contributed by atoms with Gasteiger partial charge in [-0.1, -0.05) is 64.2 Å². The number of aliphatic hydroxyl groups excluding tert-OH is 1. The summed E-state index contributed by atoms with van der Waals surface area (Å²) in [6, 6.07) is 0. The second kappa shape index (κ2) is 16.7. The highest BCUT2D eigenvalue weighted by Gasteiger charge is 2.04. The molecular weight excluding hydrogens is 308 g/mol. The van der Waals surface area contributed by atoms with Crippen molar-refractivity contribution in [3.8, 4) is 0 Å². The lowest BCUT2D eigenvalue weighted by molar-refractivity contribution is -0.138. The lowest BCUT2D eigenvalue weighted by atomic mass is 10.0. The van der Waals surface area contributed by atoms with Crippen molar-refractivity contribution in [2.75, 3.05) is 0 Å². The zero-order valence-electron chi connectivity index (χ0n) is 15.0. The minimum Gasteiger partial charge on any atom is -0.481 e. The molecule has 0 aliphatic carbocycles. The van der Waals surface area contributed by atoms with Crippen molar-refractivity contribution in [3.63, 3.8) is 0 Å². The number of hydrogen-bond acceptors (Lipinski definition) is 3. The molecule has 0 bridgehead atoms. The molecule has 0 aliphatic rings. The van der Waals surface area contributed by atoms with Gasteiger partial charge in [0.05, 0.1) is 6.10 Å². The molecule has 0 aliphatic heterocycles. The van der Waals surface area contributed by atoms with Crippen LogP contribution >= 0.6 is 0 Å². The van der Waals surface area contributed by atoms with Gasteiger partial charge < -0.3 is 15.3 Å². The predicted octanol–water partition coefficient (Wildman–Crippen LogP) is 4.76. The van der Waals surface area contributed by atoms with Crippen LogP contribution in [-0.2, 0) is 9.59 Å². The summed E-state index contributed by atoms with van der Waals surface area (Å²) in [7, 11) is 0. The van der Waals surface area contributed by atoms with Crippen molar-refractivity contribution in [3.05, 3.63) is 0 Å². The lowest BCUT2D eigenvalue weighted by Gasteiger charge is -2.10. The van der Waals surface area contributed by atoms with E-state index in [-0.39, 0.29) is 18.9 Å². The number of unbranched alkanes of at least 4 members (excludes halogenated alkanes) is 10. The highest BCUT2D eigenvalue weighted by Crippen LogP contribution is 2.14. The Morgan fingerprint density at radius 1 is 0.542 bits per heavy atom. The summed E-state index contributed by atoms with van der Waals surface area (Å²) < 4.78 is 0. The Hall–Kier alpha value is -1.10. The number of carboxylic acids is 2. The van der Waals surface area contributed by atoms with Gasteiger partial charge in [-0.15, -0.1) is 0 Å².